The molecule has 0 saturated heterocycles. The fourth-order valence-electron chi connectivity index (χ4n) is 3.79. The van der Waals surface area contributed by atoms with Crippen LogP contribution < -0.4 is 15.4 Å². The van der Waals surface area contributed by atoms with Gasteiger partial charge in [-0.2, -0.15) is 0 Å². The third kappa shape index (κ3) is 5.07. The number of anilines is 1. The Morgan fingerprint density at radius 1 is 1.14 bits per heavy atom. The molecular weight excluding hydrogens is 382 g/mol. The first-order valence-corrected chi connectivity index (χ1v) is 10.7. The Bertz CT molecular complexity index is 962. The Balaban J connectivity index is 1.42. The van der Waals surface area contributed by atoms with Gasteiger partial charge in [-0.05, 0) is 55.6 Å². The highest BCUT2D eigenvalue weighted by molar-refractivity contribution is 7.80. The number of benzene rings is 2. The second-order valence-electron chi connectivity index (χ2n) is 7.77. The highest BCUT2D eigenvalue weighted by Gasteiger charge is 2.17. The van der Waals surface area contributed by atoms with Crippen LogP contribution in [0.4, 0.5) is 5.82 Å². The van der Waals surface area contributed by atoms with Gasteiger partial charge in [-0.3, -0.25) is 0 Å². The Morgan fingerprint density at radius 2 is 1.93 bits per heavy atom. The molecule has 0 aliphatic heterocycles. The number of hydrogen-bond donors (Lipinski definition) is 2. The molecule has 0 amide bonds. The topological polar surface area (TPSA) is 59.3 Å². The van der Waals surface area contributed by atoms with Crippen molar-refractivity contribution in [1.29, 1.82) is 0 Å². The summed E-state index contributed by atoms with van der Waals surface area (Å²) >= 11 is 5.49. The molecule has 1 aromatic heterocycles. The summed E-state index contributed by atoms with van der Waals surface area (Å²) in [6.45, 7) is 3.46. The molecule has 6 heteroatoms. The molecule has 0 bridgehead atoms. The molecule has 2 N–H and O–H groups in total. The van der Waals surface area contributed by atoms with Gasteiger partial charge < -0.3 is 19.9 Å². The number of nitrogens with zero attached hydrogens (tertiary/aromatic N) is 1. The molecule has 1 aliphatic rings. The maximum absolute atomic E-state index is 6.08. The van der Waals surface area contributed by atoms with Crippen molar-refractivity contribution in [3.05, 3.63) is 53.6 Å². The maximum atomic E-state index is 6.08. The lowest BCUT2D eigenvalue weighted by Gasteiger charge is -2.22. The number of aryl methyl sites for hydroxylation is 1. The molecule has 0 spiro atoms. The van der Waals surface area contributed by atoms with E-state index in [9.17, 15) is 0 Å². The number of fused-ring (bicyclic) bond motifs is 1. The maximum Gasteiger partial charge on any atom is 0.187 e. The van der Waals surface area contributed by atoms with Crippen molar-refractivity contribution >= 4 is 34.1 Å². The predicted molar refractivity (Wildman–Crippen MR) is 120 cm³/mol. The van der Waals surface area contributed by atoms with Crippen molar-refractivity contribution in [2.24, 2.45) is 5.92 Å². The van der Waals surface area contributed by atoms with Crippen LogP contribution in [0.3, 0.4) is 0 Å². The molecule has 0 radical (unpaired) electrons. The Morgan fingerprint density at radius 3 is 2.72 bits per heavy atom. The molecule has 0 unspecified atom stereocenters. The van der Waals surface area contributed by atoms with Crippen molar-refractivity contribution in [1.82, 2.24) is 10.5 Å². The summed E-state index contributed by atoms with van der Waals surface area (Å²) in [5.74, 6) is 2.01. The molecule has 1 saturated carbocycles. The zero-order valence-corrected chi connectivity index (χ0v) is 17.6. The van der Waals surface area contributed by atoms with E-state index < -0.39 is 0 Å². The molecule has 152 valence electrons. The van der Waals surface area contributed by atoms with Crippen molar-refractivity contribution in [3.63, 3.8) is 0 Å². The molecule has 2 aromatic carbocycles. The second-order valence-corrected chi connectivity index (χ2v) is 8.18. The molecule has 4 rings (SSSR count). The summed E-state index contributed by atoms with van der Waals surface area (Å²) in [6, 6.07) is 14.0. The van der Waals surface area contributed by atoms with E-state index in [4.69, 9.17) is 21.5 Å². The summed E-state index contributed by atoms with van der Waals surface area (Å²) in [7, 11) is 0. The average molecular weight is 410 g/mol. The minimum Gasteiger partial charge on any atom is -0.488 e. The normalized spacial score (nSPS) is 14.7. The van der Waals surface area contributed by atoms with Crippen LogP contribution in [0.5, 0.6) is 5.75 Å². The highest BCUT2D eigenvalue weighted by atomic mass is 32.1. The van der Waals surface area contributed by atoms with Gasteiger partial charge in [0.15, 0.2) is 16.5 Å². The van der Waals surface area contributed by atoms with Gasteiger partial charge in [-0.25, -0.2) is 0 Å². The minimum atomic E-state index is 0.481. The summed E-state index contributed by atoms with van der Waals surface area (Å²) < 4.78 is 11.6. The van der Waals surface area contributed by atoms with Crippen LogP contribution in [-0.2, 0) is 6.61 Å². The van der Waals surface area contributed by atoms with Gasteiger partial charge in [0.05, 0.1) is 0 Å². The molecular formula is C23H27N3O2S. The lowest BCUT2D eigenvalue weighted by molar-refractivity contribution is 0.310. The fraction of sp³-hybridized carbons (Fsp3) is 0.391. The molecule has 3 aromatic rings. The smallest absolute Gasteiger partial charge is 0.187 e. The molecule has 29 heavy (non-hydrogen) atoms. The zero-order chi connectivity index (χ0) is 20.1. The molecule has 1 heterocycles. The van der Waals surface area contributed by atoms with Gasteiger partial charge in [0, 0.05) is 6.54 Å². The first-order chi connectivity index (χ1) is 14.2. The molecule has 0 atom stereocenters. The largest absolute Gasteiger partial charge is 0.488 e. The van der Waals surface area contributed by atoms with Gasteiger partial charge in [-0.15, -0.1) is 0 Å². The fourth-order valence-corrected chi connectivity index (χ4v) is 3.97. The first-order valence-electron chi connectivity index (χ1n) is 10.3. The van der Waals surface area contributed by atoms with Crippen LogP contribution in [0, 0.1) is 12.8 Å². The zero-order valence-electron chi connectivity index (χ0n) is 16.7. The number of nitrogens with one attached hydrogen (secondary N) is 2. The van der Waals surface area contributed by atoms with Crippen molar-refractivity contribution in [2.45, 2.75) is 45.6 Å². The van der Waals surface area contributed by atoms with Crippen LogP contribution >= 0.6 is 12.2 Å². The summed E-state index contributed by atoms with van der Waals surface area (Å²) in [5, 5.41) is 12.1. The first kappa shape index (κ1) is 19.7. The molecule has 1 fully saturated rings. The van der Waals surface area contributed by atoms with Gasteiger partial charge in [-0.1, -0.05) is 60.3 Å². The van der Waals surface area contributed by atoms with E-state index in [0.29, 0.717) is 29.0 Å². The van der Waals surface area contributed by atoms with Gasteiger partial charge in [0.2, 0.25) is 0 Å². The van der Waals surface area contributed by atoms with E-state index in [1.165, 1.54) is 37.7 Å². The lowest BCUT2D eigenvalue weighted by Crippen LogP contribution is -2.33. The number of thiocarbonyl (C=S) groups is 1. The quantitative estimate of drug-likeness (QED) is 0.518. The Kier molecular flexibility index (Phi) is 6.30. The SMILES string of the molecule is Cc1ccc(COc2cccc3onc(NC(=S)NCC4CCCCC4)c23)cc1. The molecule has 1 aliphatic carbocycles. The third-order valence-electron chi connectivity index (χ3n) is 5.48. The van der Waals surface area contributed by atoms with Crippen molar-refractivity contribution in [2.75, 3.05) is 11.9 Å². The van der Waals surface area contributed by atoms with Crippen molar-refractivity contribution < 1.29 is 9.26 Å². The average Bonchev–Trinajstić information content (AvgIpc) is 3.16. The van der Waals surface area contributed by atoms with Crippen LogP contribution in [0.15, 0.2) is 47.0 Å². The predicted octanol–water partition coefficient (Wildman–Crippen LogP) is 5.58. The van der Waals surface area contributed by atoms with Crippen LogP contribution in [-0.4, -0.2) is 16.8 Å². The monoisotopic (exact) mass is 409 g/mol. The van der Waals surface area contributed by atoms with Crippen LogP contribution in [0.1, 0.15) is 43.2 Å². The van der Waals surface area contributed by atoms with Crippen molar-refractivity contribution in [3.8, 4) is 5.75 Å². The number of rotatable bonds is 6. The number of ether oxygens (including phenoxy) is 1. The van der Waals surface area contributed by atoms with Gasteiger partial charge >= 0.3 is 0 Å². The number of aromatic nitrogens is 1. The second kappa shape index (κ2) is 9.27. The van der Waals surface area contributed by atoms with E-state index in [1.54, 1.807) is 0 Å². The van der Waals surface area contributed by atoms with Gasteiger partial charge in [0.1, 0.15) is 17.7 Å². The highest BCUT2D eigenvalue weighted by Crippen LogP contribution is 2.32. The van der Waals surface area contributed by atoms with Gasteiger partial charge in [0.25, 0.3) is 0 Å². The van der Waals surface area contributed by atoms with E-state index in [2.05, 4.69) is 47.0 Å². The summed E-state index contributed by atoms with van der Waals surface area (Å²) in [5.41, 5.74) is 3.02. The Hall–Kier alpha value is -2.60. The van der Waals surface area contributed by atoms with E-state index in [-0.39, 0.29) is 0 Å². The summed E-state index contributed by atoms with van der Waals surface area (Å²) in [4.78, 5) is 0. The number of hydrogen-bond acceptors (Lipinski definition) is 4. The third-order valence-corrected chi connectivity index (χ3v) is 5.73. The van der Waals surface area contributed by atoms with Crippen LogP contribution in [0.2, 0.25) is 0 Å². The standard InChI is InChI=1S/C23H27N3O2S/c1-16-10-12-18(13-11-16)15-27-19-8-5-9-20-21(19)22(26-28-20)25-23(29)24-14-17-6-3-2-4-7-17/h5,8-13,17H,2-4,6-7,14-15H2,1H3,(H2,24,25,26,29). The summed E-state index contributed by atoms with van der Waals surface area (Å²) in [6.07, 6.45) is 6.55. The van der Waals surface area contributed by atoms with E-state index in [0.717, 1.165) is 23.2 Å². The minimum absolute atomic E-state index is 0.481. The van der Waals surface area contributed by atoms with Crippen LogP contribution in [0.25, 0.3) is 11.0 Å². The van der Waals surface area contributed by atoms with E-state index in [1.807, 2.05) is 18.2 Å². The van der Waals surface area contributed by atoms with E-state index >= 15 is 0 Å². The molecule has 5 nitrogen and oxygen atoms in total. The lowest BCUT2D eigenvalue weighted by atomic mass is 9.89. The Labute approximate surface area is 176 Å².